The number of carbonyl (C=O) groups excluding carboxylic acids is 1. The van der Waals surface area contributed by atoms with E-state index in [9.17, 15) is 14.9 Å². The summed E-state index contributed by atoms with van der Waals surface area (Å²) >= 11 is 0. The number of nitrogens with zero attached hydrogens (tertiary/aromatic N) is 2. The Balaban J connectivity index is 2.77. The molecule has 2 aromatic rings. The lowest BCUT2D eigenvalue weighted by atomic mass is 10.2. The van der Waals surface area contributed by atoms with Crippen molar-refractivity contribution >= 4 is 22.6 Å². The van der Waals surface area contributed by atoms with Crippen molar-refractivity contribution < 1.29 is 14.5 Å². The standard InChI is InChI=1S/C9H7N3O4/c1-16-9(13)8-7-5(10-11-8)3-2-4-6(7)12(14)15/h2-4H,1H3,(H,10,11). The number of carbonyl (C=O) groups is 1. The molecule has 0 aliphatic rings. The number of aromatic amines is 1. The van der Waals surface area contributed by atoms with Gasteiger partial charge in [0.1, 0.15) is 5.39 Å². The number of nitro benzene ring substituents is 1. The van der Waals surface area contributed by atoms with Gasteiger partial charge in [-0.25, -0.2) is 4.79 Å². The number of non-ortho nitro benzene ring substituents is 1. The van der Waals surface area contributed by atoms with Gasteiger partial charge in [-0.15, -0.1) is 0 Å². The van der Waals surface area contributed by atoms with Crippen LogP contribution < -0.4 is 0 Å². The van der Waals surface area contributed by atoms with E-state index in [4.69, 9.17) is 0 Å². The van der Waals surface area contributed by atoms with Gasteiger partial charge in [0.2, 0.25) is 0 Å². The molecule has 0 fully saturated rings. The summed E-state index contributed by atoms with van der Waals surface area (Å²) in [5.74, 6) is -0.684. The van der Waals surface area contributed by atoms with Crippen LogP contribution >= 0.6 is 0 Å². The molecule has 1 N–H and O–H groups in total. The van der Waals surface area contributed by atoms with E-state index in [1.165, 1.54) is 19.2 Å². The monoisotopic (exact) mass is 221 g/mol. The second-order valence-corrected chi connectivity index (χ2v) is 3.02. The molecule has 82 valence electrons. The van der Waals surface area contributed by atoms with Crippen molar-refractivity contribution in [2.75, 3.05) is 7.11 Å². The lowest BCUT2D eigenvalue weighted by Crippen LogP contribution is -2.03. The quantitative estimate of drug-likeness (QED) is 0.467. The molecular formula is C9H7N3O4. The summed E-state index contributed by atoms with van der Waals surface area (Å²) < 4.78 is 4.50. The highest BCUT2D eigenvalue weighted by Gasteiger charge is 2.22. The maximum atomic E-state index is 11.3. The number of hydrogen-bond acceptors (Lipinski definition) is 5. The van der Waals surface area contributed by atoms with Crippen LogP contribution in [0.25, 0.3) is 10.9 Å². The predicted molar refractivity (Wildman–Crippen MR) is 54.1 cm³/mol. The van der Waals surface area contributed by atoms with Crippen LogP contribution in [0.5, 0.6) is 0 Å². The summed E-state index contributed by atoms with van der Waals surface area (Å²) in [5.41, 5.74) is 0.172. The molecule has 2 rings (SSSR count). The Morgan fingerprint density at radius 2 is 2.31 bits per heavy atom. The van der Waals surface area contributed by atoms with E-state index in [2.05, 4.69) is 14.9 Å². The molecule has 0 saturated carbocycles. The van der Waals surface area contributed by atoms with Crippen LogP contribution in [0.3, 0.4) is 0 Å². The smallest absolute Gasteiger partial charge is 0.356 e. The minimum atomic E-state index is -0.684. The molecule has 0 unspecified atom stereocenters. The first kappa shape index (κ1) is 10.1. The van der Waals surface area contributed by atoms with Crippen LogP contribution in [-0.4, -0.2) is 28.2 Å². The fourth-order valence-corrected chi connectivity index (χ4v) is 1.45. The second kappa shape index (κ2) is 3.61. The first-order chi connectivity index (χ1) is 7.65. The minimum Gasteiger partial charge on any atom is -0.464 e. The molecule has 0 bridgehead atoms. The molecule has 1 aromatic carbocycles. The van der Waals surface area contributed by atoms with Gasteiger partial charge in [0, 0.05) is 6.07 Å². The number of benzene rings is 1. The van der Waals surface area contributed by atoms with E-state index in [1.807, 2.05) is 0 Å². The third-order valence-electron chi connectivity index (χ3n) is 2.14. The van der Waals surface area contributed by atoms with E-state index in [0.29, 0.717) is 5.52 Å². The van der Waals surface area contributed by atoms with Crippen molar-refractivity contribution in [3.05, 3.63) is 34.0 Å². The molecule has 1 heterocycles. The maximum Gasteiger partial charge on any atom is 0.356 e. The van der Waals surface area contributed by atoms with Crippen LogP contribution in [-0.2, 0) is 4.74 Å². The summed E-state index contributed by atoms with van der Waals surface area (Å²) in [7, 11) is 1.20. The topological polar surface area (TPSA) is 98.1 Å². The van der Waals surface area contributed by atoms with E-state index < -0.39 is 10.9 Å². The van der Waals surface area contributed by atoms with Crippen LogP contribution in [0.4, 0.5) is 5.69 Å². The molecule has 0 amide bonds. The summed E-state index contributed by atoms with van der Waals surface area (Å²) in [4.78, 5) is 21.6. The third-order valence-corrected chi connectivity index (χ3v) is 2.14. The van der Waals surface area contributed by atoms with Gasteiger partial charge in [-0.05, 0) is 6.07 Å². The Morgan fingerprint density at radius 3 is 2.94 bits per heavy atom. The van der Waals surface area contributed by atoms with Crippen LogP contribution in [0, 0.1) is 10.1 Å². The summed E-state index contributed by atoms with van der Waals surface area (Å²) in [6.07, 6.45) is 0. The van der Waals surface area contributed by atoms with Crippen molar-refractivity contribution in [1.29, 1.82) is 0 Å². The Hall–Kier alpha value is -2.44. The van der Waals surface area contributed by atoms with Crippen molar-refractivity contribution in [3.63, 3.8) is 0 Å². The van der Waals surface area contributed by atoms with E-state index in [0.717, 1.165) is 0 Å². The molecule has 7 nitrogen and oxygen atoms in total. The molecule has 0 atom stereocenters. The number of ether oxygens (including phenoxy) is 1. The highest BCUT2D eigenvalue weighted by Crippen LogP contribution is 2.27. The fourth-order valence-electron chi connectivity index (χ4n) is 1.45. The number of aromatic nitrogens is 2. The van der Waals surface area contributed by atoms with Gasteiger partial charge in [0.05, 0.1) is 17.5 Å². The average Bonchev–Trinajstić information content (AvgIpc) is 2.71. The summed E-state index contributed by atoms with van der Waals surface area (Å²) in [5, 5.41) is 17.2. The van der Waals surface area contributed by atoms with Crippen LogP contribution in [0.1, 0.15) is 10.5 Å². The van der Waals surface area contributed by atoms with E-state index in [-0.39, 0.29) is 16.8 Å². The molecule has 1 aromatic heterocycles. The number of rotatable bonds is 2. The third kappa shape index (κ3) is 1.38. The predicted octanol–water partition coefficient (Wildman–Crippen LogP) is 1.26. The number of hydrogen-bond donors (Lipinski definition) is 1. The average molecular weight is 221 g/mol. The molecule has 7 heteroatoms. The van der Waals surface area contributed by atoms with E-state index >= 15 is 0 Å². The number of H-pyrrole nitrogens is 1. The normalized spacial score (nSPS) is 10.3. The lowest BCUT2D eigenvalue weighted by Gasteiger charge is -1.96. The Kier molecular flexibility index (Phi) is 2.28. The molecule has 0 saturated heterocycles. The largest absolute Gasteiger partial charge is 0.464 e. The highest BCUT2D eigenvalue weighted by molar-refractivity contribution is 6.05. The van der Waals surface area contributed by atoms with Crippen LogP contribution in [0.15, 0.2) is 18.2 Å². The minimum absolute atomic E-state index is 0.00944. The zero-order chi connectivity index (χ0) is 11.7. The zero-order valence-electron chi connectivity index (χ0n) is 8.26. The molecule has 0 aliphatic heterocycles. The molecule has 0 radical (unpaired) electrons. The SMILES string of the molecule is COC(=O)c1[nH]nc2cccc([N+](=O)[O-])c12. The number of nitro groups is 1. The summed E-state index contributed by atoms with van der Waals surface area (Å²) in [6, 6.07) is 4.39. The van der Waals surface area contributed by atoms with Crippen molar-refractivity contribution in [2.24, 2.45) is 0 Å². The Bertz CT molecular complexity index is 575. The van der Waals surface area contributed by atoms with Crippen LogP contribution in [0.2, 0.25) is 0 Å². The first-order valence-corrected chi connectivity index (χ1v) is 4.35. The highest BCUT2D eigenvalue weighted by atomic mass is 16.6. The number of fused-ring (bicyclic) bond motifs is 1. The van der Waals surface area contributed by atoms with E-state index in [1.54, 1.807) is 6.07 Å². The zero-order valence-corrected chi connectivity index (χ0v) is 8.26. The second-order valence-electron chi connectivity index (χ2n) is 3.02. The fraction of sp³-hybridized carbons (Fsp3) is 0.111. The van der Waals surface area contributed by atoms with Crippen molar-refractivity contribution in [3.8, 4) is 0 Å². The Labute approximate surface area is 89.2 Å². The van der Waals surface area contributed by atoms with Gasteiger partial charge in [-0.3, -0.25) is 15.2 Å². The summed E-state index contributed by atoms with van der Waals surface area (Å²) in [6.45, 7) is 0. The van der Waals surface area contributed by atoms with Gasteiger partial charge in [-0.2, -0.15) is 5.10 Å². The number of esters is 1. The van der Waals surface area contributed by atoms with Gasteiger partial charge in [-0.1, -0.05) is 6.07 Å². The first-order valence-electron chi connectivity index (χ1n) is 4.35. The molecular weight excluding hydrogens is 214 g/mol. The Morgan fingerprint density at radius 1 is 1.56 bits per heavy atom. The molecule has 0 aliphatic carbocycles. The molecule has 0 spiro atoms. The van der Waals surface area contributed by atoms with Gasteiger partial charge < -0.3 is 4.74 Å². The van der Waals surface area contributed by atoms with Gasteiger partial charge in [0.15, 0.2) is 5.69 Å². The maximum absolute atomic E-state index is 11.3. The number of methoxy groups -OCH3 is 1. The molecule has 16 heavy (non-hydrogen) atoms. The van der Waals surface area contributed by atoms with Crippen molar-refractivity contribution in [1.82, 2.24) is 10.2 Å². The van der Waals surface area contributed by atoms with Gasteiger partial charge >= 0.3 is 5.97 Å². The lowest BCUT2D eigenvalue weighted by molar-refractivity contribution is -0.383. The number of nitrogens with one attached hydrogen (secondary N) is 1. The van der Waals surface area contributed by atoms with Crippen molar-refractivity contribution in [2.45, 2.75) is 0 Å². The van der Waals surface area contributed by atoms with Gasteiger partial charge in [0.25, 0.3) is 5.69 Å².